The number of halogens is 2. The van der Waals surface area contributed by atoms with E-state index >= 15 is 0 Å². The molecule has 0 spiro atoms. The minimum atomic E-state index is -0.586. The van der Waals surface area contributed by atoms with Crippen molar-refractivity contribution < 1.29 is 13.9 Å². The predicted molar refractivity (Wildman–Crippen MR) is 113 cm³/mol. The average molecular weight is 434 g/mol. The quantitative estimate of drug-likeness (QED) is 0.541. The van der Waals surface area contributed by atoms with Crippen molar-refractivity contribution >= 4 is 45.4 Å². The molecule has 4 rings (SSSR count). The van der Waals surface area contributed by atoms with Crippen LogP contribution in [0.2, 0.25) is 5.02 Å². The second kappa shape index (κ2) is 7.86. The summed E-state index contributed by atoms with van der Waals surface area (Å²) in [6.45, 7) is 1.89. The van der Waals surface area contributed by atoms with Gasteiger partial charge in [-0.3, -0.25) is 10.3 Å². The van der Waals surface area contributed by atoms with Crippen LogP contribution >= 0.6 is 22.9 Å². The van der Waals surface area contributed by atoms with Gasteiger partial charge in [-0.15, -0.1) is 5.53 Å². The summed E-state index contributed by atoms with van der Waals surface area (Å²) in [6.07, 6.45) is -0.586. The maximum absolute atomic E-state index is 13.3. The standard InChI is InChI=1S/C19H17ClFN5O2S/c1-10-17(29-18(22-10)13-5-4-12(21)8-14(13)20)23-19(27)28-9-11-3-6-16-15(7-11)24-25-26(16)2/h3-8,24-25H,9H2,1-2H3,(H,23,27). The molecule has 0 saturated heterocycles. The Morgan fingerprint density at radius 1 is 1.34 bits per heavy atom. The number of anilines is 3. The smallest absolute Gasteiger partial charge is 0.412 e. The molecule has 0 atom stereocenters. The molecular weight excluding hydrogens is 417 g/mol. The highest BCUT2D eigenvalue weighted by atomic mass is 35.5. The Kier molecular flexibility index (Phi) is 5.27. The van der Waals surface area contributed by atoms with Crippen LogP contribution in [-0.4, -0.2) is 18.1 Å². The Morgan fingerprint density at radius 2 is 2.17 bits per heavy atom. The summed E-state index contributed by atoms with van der Waals surface area (Å²) < 4.78 is 18.6. The van der Waals surface area contributed by atoms with Crippen molar-refractivity contribution in [2.75, 3.05) is 22.8 Å². The maximum atomic E-state index is 13.3. The number of carbonyl (C=O) groups is 1. The van der Waals surface area contributed by atoms with E-state index < -0.39 is 11.9 Å². The highest BCUT2D eigenvalue weighted by Crippen LogP contribution is 2.36. The number of fused-ring (bicyclic) bond motifs is 1. The first kappa shape index (κ1) is 19.4. The predicted octanol–water partition coefficient (Wildman–Crippen LogP) is 4.94. The number of nitrogens with one attached hydrogen (secondary N) is 3. The number of thiazole rings is 1. The normalized spacial score (nSPS) is 12.5. The van der Waals surface area contributed by atoms with Gasteiger partial charge < -0.3 is 10.2 Å². The van der Waals surface area contributed by atoms with E-state index in [9.17, 15) is 9.18 Å². The summed E-state index contributed by atoms with van der Waals surface area (Å²) in [4.78, 5) is 16.6. The van der Waals surface area contributed by atoms with Crippen LogP contribution in [-0.2, 0) is 11.3 Å². The van der Waals surface area contributed by atoms with Crippen molar-refractivity contribution in [3.8, 4) is 10.6 Å². The van der Waals surface area contributed by atoms with Gasteiger partial charge in [-0.2, -0.15) is 0 Å². The third-order valence-electron chi connectivity index (χ3n) is 4.32. The van der Waals surface area contributed by atoms with Crippen molar-refractivity contribution in [3.05, 3.63) is 58.5 Å². The first-order chi connectivity index (χ1) is 13.9. The third-order valence-corrected chi connectivity index (χ3v) is 5.74. The Morgan fingerprint density at radius 3 is 2.97 bits per heavy atom. The molecule has 29 heavy (non-hydrogen) atoms. The zero-order valence-electron chi connectivity index (χ0n) is 15.5. The number of hydrazine groups is 2. The number of nitrogens with zero attached hydrogens (tertiary/aromatic N) is 2. The molecular formula is C19H17ClFN5O2S. The molecule has 2 heterocycles. The largest absolute Gasteiger partial charge is 0.444 e. The minimum Gasteiger partial charge on any atom is -0.444 e. The van der Waals surface area contributed by atoms with E-state index in [1.165, 1.54) is 23.5 Å². The summed E-state index contributed by atoms with van der Waals surface area (Å²) >= 11 is 7.35. The van der Waals surface area contributed by atoms with Crippen LogP contribution in [0.25, 0.3) is 10.6 Å². The number of aryl methyl sites for hydroxylation is 1. The van der Waals surface area contributed by atoms with Crippen LogP contribution in [0.3, 0.4) is 0 Å². The Balaban J connectivity index is 1.41. The van der Waals surface area contributed by atoms with E-state index in [0.717, 1.165) is 16.9 Å². The fourth-order valence-corrected chi connectivity index (χ4v) is 4.14. The Bertz CT molecular complexity index is 1090. The number of carbonyl (C=O) groups excluding carboxylic acids is 1. The number of ether oxygens (including phenoxy) is 1. The van der Waals surface area contributed by atoms with Gasteiger partial charge in [0.1, 0.15) is 22.4 Å². The molecule has 0 bridgehead atoms. The van der Waals surface area contributed by atoms with Crippen molar-refractivity contribution in [2.24, 2.45) is 0 Å². The fourth-order valence-electron chi connectivity index (χ4n) is 2.84. The SMILES string of the molecule is Cc1nc(-c2ccc(F)cc2Cl)sc1NC(=O)OCc1ccc2c(c1)NNN2C. The van der Waals surface area contributed by atoms with Crippen LogP contribution < -0.4 is 21.3 Å². The van der Waals surface area contributed by atoms with E-state index in [1.807, 2.05) is 30.3 Å². The molecule has 150 valence electrons. The van der Waals surface area contributed by atoms with Gasteiger partial charge in [-0.25, -0.2) is 14.2 Å². The lowest BCUT2D eigenvalue weighted by Crippen LogP contribution is -2.31. The highest BCUT2D eigenvalue weighted by Gasteiger charge is 2.17. The van der Waals surface area contributed by atoms with Crippen molar-refractivity contribution in [2.45, 2.75) is 13.5 Å². The monoisotopic (exact) mass is 433 g/mol. The van der Waals surface area contributed by atoms with E-state index in [4.69, 9.17) is 16.3 Å². The Hall–Kier alpha value is -2.88. The molecule has 7 nitrogen and oxygen atoms in total. The van der Waals surface area contributed by atoms with Gasteiger partial charge in [0.25, 0.3) is 0 Å². The molecule has 0 radical (unpaired) electrons. The molecule has 3 aromatic rings. The zero-order chi connectivity index (χ0) is 20.5. The molecule has 0 fully saturated rings. The summed E-state index contributed by atoms with van der Waals surface area (Å²) in [7, 11) is 1.90. The molecule has 1 aromatic heterocycles. The number of hydrogen-bond donors (Lipinski definition) is 3. The van der Waals surface area contributed by atoms with Crippen molar-refractivity contribution in [3.63, 3.8) is 0 Å². The molecule has 0 saturated carbocycles. The van der Waals surface area contributed by atoms with Gasteiger partial charge >= 0.3 is 6.09 Å². The van der Waals surface area contributed by atoms with Gasteiger partial charge in [0.15, 0.2) is 0 Å². The van der Waals surface area contributed by atoms with Crippen molar-refractivity contribution in [1.29, 1.82) is 0 Å². The van der Waals surface area contributed by atoms with Gasteiger partial charge in [-0.05, 0) is 42.8 Å². The lowest BCUT2D eigenvalue weighted by atomic mass is 10.2. The van der Waals surface area contributed by atoms with E-state index in [2.05, 4.69) is 21.3 Å². The number of hydrogen-bond acceptors (Lipinski definition) is 7. The van der Waals surface area contributed by atoms with Crippen LogP contribution in [0.4, 0.5) is 25.6 Å². The lowest BCUT2D eigenvalue weighted by molar-refractivity contribution is 0.155. The molecule has 2 aromatic carbocycles. The molecule has 0 aliphatic carbocycles. The minimum absolute atomic E-state index is 0.124. The molecule has 0 unspecified atom stereocenters. The van der Waals surface area contributed by atoms with Gasteiger partial charge in [0.05, 0.1) is 22.1 Å². The number of benzene rings is 2. The van der Waals surface area contributed by atoms with Gasteiger partial charge in [-0.1, -0.05) is 29.0 Å². The second-order valence-electron chi connectivity index (χ2n) is 6.41. The summed E-state index contributed by atoms with van der Waals surface area (Å²) in [5.74, 6) is -0.418. The number of rotatable bonds is 4. The first-order valence-electron chi connectivity index (χ1n) is 8.65. The molecule has 10 heteroatoms. The van der Waals surface area contributed by atoms with E-state index in [-0.39, 0.29) is 11.6 Å². The number of aromatic nitrogens is 1. The first-order valence-corrected chi connectivity index (χ1v) is 9.85. The van der Waals surface area contributed by atoms with Gasteiger partial charge in [0, 0.05) is 12.6 Å². The molecule has 1 aliphatic heterocycles. The molecule has 1 amide bonds. The Labute approximate surface area is 175 Å². The van der Waals surface area contributed by atoms with Crippen molar-refractivity contribution in [1.82, 2.24) is 10.5 Å². The van der Waals surface area contributed by atoms with Crippen LogP contribution in [0.15, 0.2) is 36.4 Å². The topological polar surface area (TPSA) is 78.5 Å². The summed E-state index contributed by atoms with van der Waals surface area (Å²) in [6, 6.07) is 9.85. The maximum Gasteiger partial charge on any atom is 0.412 e. The third kappa shape index (κ3) is 4.12. The second-order valence-corrected chi connectivity index (χ2v) is 7.81. The highest BCUT2D eigenvalue weighted by molar-refractivity contribution is 7.19. The van der Waals surface area contributed by atoms with Crippen LogP contribution in [0.5, 0.6) is 0 Å². The molecule has 1 aliphatic rings. The average Bonchev–Trinajstić information content (AvgIpc) is 3.23. The fraction of sp³-hybridized carbons (Fsp3) is 0.158. The van der Waals surface area contributed by atoms with Crippen LogP contribution in [0.1, 0.15) is 11.3 Å². The zero-order valence-corrected chi connectivity index (χ0v) is 17.1. The van der Waals surface area contributed by atoms with E-state index in [0.29, 0.717) is 21.3 Å². The molecule has 3 N–H and O–H groups in total. The summed E-state index contributed by atoms with van der Waals surface area (Å²) in [5.41, 5.74) is 9.99. The van der Waals surface area contributed by atoms with E-state index in [1.54, 1.807) is 13.0 Å². The van der Waals surface area contributed by atoms with Gasteiger partial charge in [0.2, 0.25) is 0 Å². The van der Waals surface area contributed by atoms with Crippen LogP contribution in [0, 0.1) is 12.7 Å². The lowest BCUT2D eigenvalue weighted by Gasteiger charge is -2.10. The summed E-state index contributed by atoms with van der Waals surface area (Å²) in [5, 5.41) is 5.95. The number of amides is 1.